The van der Waals surface area contributed by atoms with Gasteiger partial charge in [-0.05, 0) is 43.4 Å². The van der Waals surface area contributed by atoms with Crippen LogP contribution in [0, 0.1) is 18.7 Å². The fraction of sp³-hybridized carbons (Fsp3) is 0.421. The van der Waals surface area contributed by atoms with Gasteiger partial charge in [0.05, 0.1) is 12.1 Å². The van der Waals surface area contributed by atoms with Gasteiger partial charge in [0.25, 0.3) is 5.56 Å². The molecule has 4 rings (SSSR count). The molecule has 2 atom stereocenters. The maximum atomic E-state index is 13.3. The van der Waals surface area contributed by atoms with Crippen LogP contribution in [-0.2, 0) is 17.6 Å². The molecule has 25 heavy (non-hydrogen) atoms. The Morgan fingerprint density at radius 1 is 1.40 bits per heavy atom. The lowest BCUT2D eigenvalue weighted by Gasteiger charge is -2.25. The van der Waals surface area contributed by atoms with E-state index in [0.29, 0.717) is 36.8 Å². The normalized spacial score (nSPS) is 21.8. The van der Waals surface area contributed by atoms with E-state index < -0.39 is 0 Å². The molecule has 0 radical (unpaired) electrons. The first-order chi connectivity index (χ1) is 12.0. The van der Waals surface area contributed by atoms with Crippen LogP contribution in [0.5, 0.6) is 0 Å². The largest absolute Gasteiger partial charge is 0.341 e. The Balaban J connectivity index is 1.54. The maximum absolute atomic E-state index is 13.3. The van der Waals surface area contributed by atoms with E-state index >= 15 is 0 Å². The van der Waals surface area contributed by atoms with Crippen molar-refractivity contribution >= 4 is 5.91 Å². The zero-order valence-corrected chi connectivity index (χ0v) is 14.1. The maximum Gasteiger partial charge on any atom is 0.254 e. The van der Waals surface area contributed by atoms with Crippen molar-refractivity contribution in [3.05, 3.63) is 63.1 Å². The molecule has 2 aliphatic rings. The van der Waals surface area contributed by atoms with E-state index in [1.165, 1.54) is 12.1 Å². The summed E-state index contributed by atoms with van der Waals surface area (Å²) in [5.74, 6) is 0.768. The Morgan fingerprint density at radius 2 is 2.24 bits per heavy atom. The molecule has 6 heteroatoms. The number of aryl methyl sites for hydroxylation is 1. The third-order valence-electron chi connectivity index (χ3n) is 5.32. The number of hydrogen-bond donors (Lipinski definition) is 1. The number of amides is 1. The smallest absolute Gasteiger partial charge is 0.254 e. The molecule has 2 aromatic rings. The predicted octanol–water partition coefficient (Wildman–Crippen LogP) is 1.95. The van der Waals surface area contributed by atoms with E-state index in [2.05, 4.69) is 9.97 Å². The molecule has 1 aromatic heterocycles. The minimum atomic E-state index is -0.326. The number of aromatic amines is 1. The highest BCUT2D eigenvalue weighted by molar-refractivity contribution is 5.79. The van der Waals surface area contributed by atoms with Crippen LogP contribution in [0.15, 0.2) is 29.1 Å². The minimum Gasteiger partial charge on any atom is -0.341 e. The second-order valence-electron chi connectivity index (χ2n) is 7.03. The van der Waals surface area contributed by atoms with Crippen molar-refractivity contribution in [2.24, 2.45) is 5.92 Å². The van der Waals surface area contributed by atoms with Gasteiger partial charge in [0.15, 0.2) is 0 Å². The Kier molecular flexibility index (Phi) is 3.90. The Bertz CT molecular complexity index is 892. The number of fused-ring (bicyclic) bond motifs is 3. The number of halogens is 1. The third kappa shape index (κ3) is 2.97. The summed E-state index contributed by atoms with van der Waals surface area (Å²) in [4.78, 5) is 34.0. The van der Waals surface area contributed by atoms with Gasteiger partial charge in [-0.3, -0.25) is 9.59 Å². The van der Waals surface area contributed by atoms with Crippen LogP contribution in [0.1, 0.15) is 35.0 Å². The molecule has 0 saturated carbocycles. The van der Waals surface area contributed by atoms with Crippen LogP contribution in [0.2, 0.25) is 0 Å². The van der Waals surface area contributed by atoms with Crippen molar-refractivity contribution in [3.63, 3.8) is 0 Å². The van der Waals surface area contributed by atoms with Crippen molar-refractivity contribution in [1.29, 1.82) is 0 Å². The molecule has 1 amide bonds. The molecule has 1 saturated heterocycles. The first kappa shape index (κ1) is 16.0. The Labute approximate surface area is 144 Å². The summed E-state index contributed by atoms with van der Waals surface area (Å²) in [6, 6.07) is 6.17. The standard InChI is InChI=1S/C19H20FN3O2/c1-11-21-18-15(19(25)22-11)6-5-13-9-23(10-16(13)18)17(24)8-12-3-2-4-14(20)7-12/h2-4,7,13,16H,5-6,8-10H2,1H3,(H,21,22,25)/t13-,16+/m1/s1. The molecule has 1 fully saturated rings. The van der Waals surface area contributed by atoms with Crippen LogP contribution in [0.3, 0.4) is 0 Å². The summed E-state index contributed by atoms with van der Waals surface area (Å²) in [5.41, 5.74) is 2.26. The van der Waals surface area contributed by atoms with Crippen LogP contribution in [0.25, 0.3) is 0 Å². The zero-order chi connectivity index (χ0) is 17.6. The van der Waals surface area contributed by atoms with Gasteiger partial charge in [0.2, 0.25) is 5.91 Å². The lowest BCUT2D eigenvalue weighted by molar-refractivity contribution is -0.129. The van der Waals surface area contributed by atoms with Crippen LogP contribution >= 0.6 is 0 Å². The average Bonchev–Trinajstić information content (AvgIpc) is 2.99. The van der Waals surface area contributed by atoms with Gasteiger partial charge in [0.1, 0.15) is 11.6 Å². The number of hydrogen-bond acceptors (Lipinski definition) is 3. The summed E-state index contributed by atoms with van der Waals surface area (Å²) in [7, 11) is 0. The lowest BCUT2D eigenvalue weighted by atomic mass is 9.80. The van der Waals surface area contributed by atoms with Crippen molar-refractivity contribution < 1.29 is 9.18 Å². The van der Waals surface area contributed by atoms with E-state index in [0.717, 1.165) is 17.7 Å². The van der Waals surface area contributed by atoms with Crippen molar-refractivity contribution in [1.82, 2.24) is 14.9 Å². The molecule has 0 bridgehead atoms. The first-order valence-corrected chi connectivity index (χ1v) is 8.63. The quantitative estimate of drug-likeness (QED) is 0.908. The molecule has 5 nitrogen and oxygen atoms in total. The van der Waals surface area contributed by atoms with Gasteiger partial charge >= 0.3 is 0 Å². The van der Waals surface area contributed by atoms with E-state index in [9.17, 15) is 14.0 Å². The number of carbonyl (C=O) groups excluding carboxylic acids is 1. The van der Waals surface area contributed by atoms with E-state index in [4.69, 9.17) is 0 Å². The van der Waals surface area contributed by atoms with Crippen molar-refractivity contribution in [2.75, 3.05) is 13.1 Å². The van der Waals surface area contributed by atoms with E-state index in [1.807, 2.05) is 4.90 Å². The second-order valence-corrected chi connectivity index (χ2v) is 7.03. The molecular formula is C19H20FN3O2. The highest BCUT2D eigenvalue weighted by Gasteiger charge is 2.41. The van der Waals surface area contributed by atoms with Gasteiger partial charge < -0.3 is 9.88 Å². The first-order valence-electron chi connectivity index (χ1n) is 8.63. The molecular weight excluding hydrogens is 321 g/mol. The number of H-pyrrole nitrogens is 1. The molecule has 0 spiro atoms. The van der Waals surface area contributed by atoms with E-state index in [-0.39, 0.29) is 29.6 Å². The van der Waals surface area contributed by atoms with Gasteiger partial charge in [-0.25, -0.2) is 9.37 Å². The fourth-order valence-electron chi connectivity index (χ4n) is 4.12. The lowest BCUT2D eigenvalue weighted by Crippen LogP contribution is -2.30. The molecule has 1 aromatic carbocycles. The summed E-state index contributed by atoms with van der Waals surface area (Å²) < 4.78 is 13.3. The number of carbonyl (C=O) groups is 1. The molecule has 1 N–H and O–H groups in total. The molecule has 0 unspecified atom stereocenters. The molecule has 130 valence electrons. The molecule has 1 aliphatic carbocycles. The number of rotatable bonds is 2. The van der Waals surface area contributed by atoms with Crippen molar-refractivity contribution in [2.45, 2.75) is 32.1 Å². The highest BCUT2D eigenvalue weighted by atomic mass is 19.1. The number of nitrogens with one attached hydrogen (secondary N) is 1. The highest BCUT2D eigenvalue weighted by Crippen LogP contribution is 2.39. The van der Waals surface area contributed by atoms with Gasteiger partial charge in [-0.1, -0.05) is 12.1 Å². The average molecular weight is 341 g/mol. The second kappa shape index (κ2) is 6.10. The Hall–Kier alpha value is -2.50. The number of likely N-dealkylation sites (tertiary alicyclic amines) is 1. The molecule has 2 heterocycles. The minimum absolute atomic E-state index is 0.00288. The van der Waals surface area contributed by atoms with Crippen LogP contribution < -0.4 is 5.56 Å². The van der Waals surface area contributed by atoms with Gasteiger partial charge in [-0.15, -0.1) is 0 Å². The monoisotopic (exact) mass is 341 g/mol. The van der Waals surface area contributed by atoms with Gasteiger partial charge in [0, 0.05) is 24.6 Å². The van der Waals surface area contributed by atoms with Crippen LogP contribution in [-0.4, -0.2) is 33.9 Å². The number of benzene rings is 1. The number of nitrogens with zero attached hydrogens (tertiary/aromatic N) is 2. The van der Waals surface area contributed by atoms with E-state index in [1.54, 1.807) is 19.1 Å². The third-order valence-corrected chi connectivity index (χ3v) is 5.32. The predicted molar refractivity (Wildman–Crippen MR) is 90.8 cm³/mol. The molecule has 1 aliphatic heterocycles. The van der Waals surface area contributed by atoms with Crippen LogP contribution in [0.4, 0.5) is 4.39 Å². The summed E-state index contributed by atoms with van der Waals surface area (Å²) in [6.07, 6.45) is 1.81. The Morgan fingerprint density at radius 3 is 3.04 bits per heavy atom. The SMILES string of the molecule is Cc1nc2c(c(=O)[nH]1)CC[C@@H]1CN(C(=O)Cc3cccc(F)c3)C[C@H]21. The topological polar surface area (TPSA) is 66.1 Å². The fourth-order valence-corrected chi connectivity index (χ4v) is 4.12. The van der Waals surface area contributed by atoms with Crippen molar-refractivity contribution in [3.8, 4) is 0 Å². The summed E-state index contributed by atoms with van der Waals surface area (Å²) >= 11 is 0. The zero-order valence-electron chi connectivity index (χ0n) is 14.1. The summed E-state index contributed by atoms with van der Waals surface area (Å²) in [6.45, 7) is 3.06. The van der Waals surface area contributed by atoms with Gasteiger partial charge in [-0.2, -0.15) is 0 Å². The number of aromatic nitrogens is 2. The summed E-state index contributed by atoms with van der Waals surface area (Å²) in [5, 5.41) is 0.